The zero-order valence-corrected chi connectivity index (χ0v) is 12.9. The van der Waals surface area contributed by atoms with Crippen LogP contribution >= 0.6 is 11.8 Å². The minimum Gasteiger partial charge on any atom is -0.493 e. The van der Waals surface area contributed by atoms with Gasteiger partial charge in [0.15, 0.2) is 5.78 Å². The third-order valence-corrected chi connectivity index (χ3v) is 3.84. The van der Waals surface area contributed by atoms with Crippen LogP contribution in [-0.2, 0) is 5.75 Å². The molecule has 0 saturated carbocycles. The zero-order chi connectivity index (χ0) is 15.9. The summed E-state index contributed by atoms with van der Waals surface area (Å²) < 4.78 is 10.4. The van der Waals surface area contributed by atoms with Gasteiger partial charge in [-0.15, -0.1) is 11.8 Å². The lowest BCUT2D eigenvalue weighted by Crippen LogP contribution is -2.08. The van der Waals surface area contributed by atoms with Crippen molar-refractivity contribution in [3.8, 4) is 5.75 Å². The van der Waals surface area contributed by atoms with Crippen LogP contribution in [0.25, 0.3) is 0 Å². The summed E-state index contributed by atoms with van der Waals surface area (Å²) in [5, 5.41) is 9.19. The van der Waals surface area contributed by atoms with E-state index in [-0.39, 0.29) is 22.8 Å². The van der Waals surface area contributed by atoms with Gasteiger partial charge in [-0.25, -0.2) is 4.79 Å². The van der Waals surface area contributed by atoms with E-state index in [0.717, 1.165) is 5.76 Å². The quantitative estimate of drug-likeness (QED) is 0.750. The average molecular weight is 320 g/mol. The van der Waals surface area contributed by atoms with Gasteiger partial charge in [0.1, 0.15) is 17.1 Å². The van der Waals surface area contributed by atoms with Gasteiger partial charge in [-0.2, -0.15) is 0 Å². The molecule has 0 atom stereocenters. The minimum absolute atomic E-state index is 0.00346. The smallest absolute Gasteiger partial charge is 0.339 e. The van der Waals surface area contributed by atoms with Crippen molar-refractivity contribution in [1.82, 2.24) is 0 Å². The Morgan fingerprint density at radius 3 is 2.77 bits per heavy atom. The number of hydrogen-bond acceptors (Lipinski definition) is 5. The molecule has 2 aromatic rings. The van der Waals surface area contributed by atoms with Gasteiger partial charge in [-0.1, -0.05) is 0 Å². The van der Waals surface area contributed by atoms with E-state index < -0.39 is 5.97 Å². The Morgan fingerprint density at radius 1 is 1.32 bits per heavy atom. The number of furan rings is 1. The van der Waals surface area contributed by atoms with Crippen LogP contribution in [0.5, 0.6) is 5.75 Å². The number of carboxylic acid groups (broad SMARTS) is 1. The lowest BCUT2D eigenvalue weighted by Gasteiger charge is -2.08. The lowest BCUT2D eigenvalue weighted by molar-refractivity contribution is 0.0692. The normalized spacial score (nSPS) is 10.4. The van der Waals surface area contributed by atoms with Gasteiger partial charge in [0.05, 0.1) is 24.4 Å². The number of ketones is 1. The number of carboxylic acids is 1. The van der Waals surface area contributed by atoms with Gasteiger partial charge in [0.25, 0.3) is 0 Å². The molecule has 2 rings (SSSR count). The summed E-state index contributed by atoms with van der Waals surface area (Å²) in [7, 11) is 0. The largest absolute Gasteiger partial charge is 0.493 e. The molecule has 0 saturated heterocycles. The van der Waals surface area contributed by atoms with Crippen LogP contribution in [0.4, 0.5) is 0 Å². The molecule has 5 nitrogen and oxygen atoms in total. The molecule has 0 aliphatic carbocycles. The maximum atomic E-state index is 12.1. The Morgan fingerprint density at radius 2 is 2.14 bits per heavy atom. The van der Waals surface area contributed by atoms with Crippen molar-refractivity contribution in [2.75, 3.05) is 12.4 Å². The Hall–Kier alpha value is -2.21. The summed E-state index contributed by atoms with van der Waals surface area (Å²) in [6, 6.07) is 8.12. The fourth-order valence-corrected chi connectivity index (χ4v) is 2.69. The van der Waals surface area contributed by atoms with Crippen LogP contribution in [0.15, 0.2) is 41.0 Å². The van der Waals surface area contributed by atoms with Crippen molar-refractivity contribution in [2.24, 2.45) is 0 Å². The van der Waals surface area contributed by atoms with E-state index in [4.69, 9.17) is 9.15 Å². The van der Waals surface area contributed by atoms with Gasteiger partial charge < -0.3 is 14.3 Å². The first-order chi connectivity index (χ1) is 10.6. The molecule has 1 N–H and O–H groups in total. The highest BCUT2D eigenvalue weighted by Crippen LogP contribution is 2.22. The average Bonchev–Trinajstić information content (AvgIpc) is 3.01. The molecule has 1 aromatic carbocycles. The van der Waals surface area contributed by atoms with E-state index in [9.17, 15) is 14.7 Å². The number of ether oxygens (including phenoxy) is 1. The monoisotopic (exact) mass is 320 g/mol. The standard InChI is InChI=1S/C16H16O5S/c1-2-20-15-6-5-11(8-13(15)16(18)19)14(17)10-22-9-12-4-3-7-21-12/h3-8H,2,9-10H2,1H3,(H,18,19). The number of hydrogen-bond donors (Lipinski definition) is 1. The van der Waals surface area contributed by atoms with Gasteiger partial charge in [0.2, 0.25) is 0 Å². The Balaban J connectivity index is 2.02. The van der Waals surface area contributed by atoms with E-state index in [0.29, 0.717) is 17.9 Å². The second-order valence-corrected chi connectivity index (χ2v) is 5.43. The topological polar surface area (TPSA) is 76.7 Å². The van der Waals surface area contributed by atoms with Crippen molar-refractivity contribution in [1.29, 1.82) is 0 Å². The highest BCUT2D eigenvalue weighted by molar-refractivity contribution is 7.99. The lowest BCUT2D eigenvalue weighted by atomic mass is 10.1. The van der Waals surface area contributed by atoms with E-state index in [2.05, 4.69) is 0 Å². The molecule has 0 aliphatic rings. The molecule has 1 heterocycles. The van der Waals surface area contributed by atoms with Gasteiger partial charge in [-0.3, -0.25) is 4.79 Å². The number of thioether (sulfide) groups is 1. The molecule has 0 bridgehead atoms. The molecular formula is C16H16O5S. The molecule has 0 radical (unpaired) electrons. The third-order valence-electron chi connectivity index (χ3n) is 2.89. The number of rotatable bonds is 8. The van der Waals surface area contributed by atoms with Crippen LogP contribution in [0, 0.1) is 0 Å². The SMILES string of the molecule is CCOc1ccc(C(=O)CSCc2ccco2)cc1C(=O)O. The molecule has 0 unspecified atom stereocenters. The number of benzene rings is 1. The Labute approximate surface area is 132 Å². The molecular weight excluding hydrogens is 304 g/mol. The van der Waals surface area contributed by atoms with Crippen molar-refractivity contribution >= 4 is 23.5 Å². The molecule has 0 aliphatic heterocycles. The highest BCUT2D eigenvalue weighted by Gasteiger charge is 2.15. The molecule has 0 amide bonds. The predicted octanol–water partition coefficient (Wildman–Crippen LogP) is 3.49. The molecule has 22 heavy (non-hydrogen) atoms. The molecule has 0 fully saturated rings. The number of carbonyl (C=O) groups excluding carboxylic acids is 1. The van der Waals surface area contributed by atoms with Crippen molar-refractivity contribution in [3.63, 3.8) is 0 Å². The molecule has 1 aromatic heterocycles. The van der Waals surface area contributed by atoms with Crippen LogP contribution in [0.3, 0.4) is 0 Å². The summed E-state index contributed by atoms with van der Waals surface area (Å²) in [5.74, 6) is 0.698. The van der Waals surface area contributed by atoms with Crippen LogP contribution in [0.2, 0.25) is 0 Å². The number of carbonyl (C=O) groups is 2. The fourth-order valence-electron chi connectivity index (χ4n) is 1.87. The minimum atomic E-state index is -1.11. The number of aromatic carboxylic acids is 1. The third kappa shape index (κ3) is 4.14. The first-order valence-corrected chi connectivity index (χ1v) is 7.90. The summed E-state index contributed by atoms with van der Waals surface area (Å²) in [5.41, 5.74) is 0.372. The van der Waals surface area contributed by atoms with Crippen LogP contribution in [0.1, 0.15) is 33.4 Å². The van der Waals surface area contributed by atoms with Gasteiger partial charge >= 0.3 is 5.97 Å². The predicted molar refractivity (Wildman–Crippen MR) is 83.8 cm³/mol. The second kappa shape index (κ2) is 7.70. The first kappa shape index (κ1) is 16.2. The molecule has 6 heteroatoms. The van der Waals surface area contributed by atoms with Crippen LogP contribution in [-0.4, -0.2) is 29.2 Å². The van der Waals surface area contributed by atoms with Gasteiger partial charge in [0, 0.05) is 5.56 Å². The molecule has 116 valence electrons. The van der Waals surface area contributed by atoms with E-state index in [1.165, 1.54) is 23.9 Å². The van der Waals surface area contributed by atoms with E-state index in [1.807, 2.05) is 6.07 Å². The number of Topliss-reactive ketones (excluding diaryl/α,β-unsaturated/α-hetero) is 1. The van der Waals surface area contributed by atoms with Gasteiger partial charge in [-0.05, 0) is 37.3 Å². The van der Waals surface area contributed by atoms with Crippen LogP contribution < -0.4 is 4.74 Å². The summed E-state index contributed by atoms with van der Waals surface area (Å²) in [6.45, 7) is 2.14. The zero-order valence-electron chi connectivity index (χ0n) is 12.1. The second-order valence-electron chi connectivity index (χ2n) is 4.44. The van der Waals surface area contributed by atoms with E-state index >= 15 is 0 Å². The van der Waals surface area contributed by atoms with Crippen molar-refractivity contribution in [3.05, 3.63) is 53.5 Å². The molecule has 0 spiro atoms. The maximum Gasteiger partial charge on any atom is 0.339 e. The first-order valence-electron chi connectivity index (χ1n) is 6.75. The van der Waals surface area contributed by atoms with Crippen molar-refractivity contribution < 1.29 is 23.8 Å². The summed E-state index contributed by atoms with van der Waals surface area (Å²) in [6.07, 6.45) is 1.59. The van der Waals surface area contributed by atoms with E-state index in [1.54, 1.807) is 25.3 Å². The maximum absolute atomic E-state index is 12.1. The fraction of sp³-hybridized carbons (Fsp3) is 0.250. The Kier molecular flexibility index (Phi) is 5.66. The summed E-state index contributed by atoms with van der Waals surface area (Å²) in [4.78, 5) is 23.4. The van der Waals surface area contributed by atoms with Crippen molar-refractivity contribution in [2.45, 2.75) is 12.7 Å². The summed E-state index contributed by atoms with van der Waals surface area (Å²) >= 11 is 1.42. The Bertz CT molecular complexity index is 649. The highest BCUT2D eigenvalue weighted by atomic mass is 32.2.